The highest BCUT2D eigenvalue weighted by atomic mass is 28.5. The molecule has 0 aliphatic carbocycles. The lowest BCUT2D eigenvalue weighted by Crippen LogP contribution is -2.63. The van der Waals surface area contributed by atoms with Crippen molar-refractivity contribution >= 4 is 45.7 Å². The fourth-order valence-electron chi connectivity index (χ4n) is 2.10. The summed E-state index contributed by atoms with van der Waals surface area (Å²) in [6.45, 7) is 16.0. The summed E-state index contributed by atoms with van der Waals surface area (Å²) >= 11 is 0. The molecule has 7 nitrogen and oxygen atoms in total. The zero-order valence-electron chi connectivity index (χ0n) is 19.1. The Balaban J connectivity index is 5.37. The third kappa shape index (κ3) is 16.0. The van der Waals surface area contributed by atoms with Crippen molar-refractivity contribution < 1.29 is 44.6 Å². The third-order valence-electron chi connectivity index (χ3n) is 2.51. The van der Waals surface area contributed by atoms with E-state index in [2.05, 4.69) is 4.74 Å². The molecule has 0 aliphatic rings. The summed E-state index contributed by atoms with van der Waals surface area (Å²) in [7, 11) is -9.91. The van der Waals surface area contributed by atoms with Gasteiger partial charge in [-0.3, -0.25) is 0 Å². The SMILES string of the molecule is C[Si](C)(C)O[Si](COC(=O)C=CC(=O)OCC(F)(F)F)(O[Si](C)(C)C)O[Si](C)(C)C. The van der Waals surface area contributed by atoms with Crippen molar-refractivity contribution in [2.45, 2.75) is 65.1 Å². The molecular formula is C16H33F3O7Si4. The Labute approximate surface area is 180 Å². The molecule has 0 heterocycles. The van der Waals surface area contributed by atoms with E-state index in [-0.39, 0.29) is 6.23 Å². The Kier molecular flexibility index (Phi) is 10.4. The molecule has 0 atom stereocenters. The maximum absolute atomic E-state index is 12.1. The highest BCUT2D eigenvalue weighted by Crippen LogP contribution is 2.26. The second-order valence-electron chi connectivity index (χ2n) is 9.49. The Bertz CT molecular complexity index is 579. The number of esters is 2. The van der Waals surface area contributed by atoms with Crippen molar-refractivity contribution in [3.05, 3.63) is 12.2 Å². The molecule has 0 unspecified atom stereocenters. The first kappa shape index (κ1) is 29.2. The van der Waals surface area contributed by atoms with E-state index < -0.39 is 58.5 Å². The van der Waals surface area contributed by atoms with E-state index in [1.165, 1.54) is 0 Å². The number of hydrogen-bond donors (Lipinski definition) is 0. The number of ether oxygens (including phenoxy) is 2. The molecule has 176 valence electrons. The zero-order valence-corrected chi connectivity index (χ0v) is 23.1. The predicted octanol–water partition coefficient (Wildman–Crippen LogP) is 4.22. The molecule has 0 radical (unpaired) electrons. The lowest BCUT2D eigenvalue weighted by molar-refractivity contribution is -0.182. The van der Waals surface area contributed by atoms with E-state index >= 15 is 0 Å². The van der Waals surface area contributed by atoms with Crippen LogP contribution in [0.25, 0.3) is 0 Å². The van der Waals surface area contributed by atoms with E-state index in [4.69, 9.17) is 17.1 Å². The van der Waals surface area contributed by atoms with Gasteiger partial charge in [0.15, 0.2) is 37.8 Å². The van der Waals surface area contributed by atoms with Gasteiger partial charge in [-0.05, 0) is 58.9 Å². The van der Waals surface area contributed by atoms with Gasteiger partial charge in [-0.2, -0.15) is 13.2 Å². The molecule has 0 fully saturated rings. The smallest absolute Gasteiger partial charge is 0.458 e. The number of carbonyl (C=O) groups excluding carboxylic acids is 2. The first-order valence-corrected chi connectivity index (χ1v) is 21.5. The van der Waals surface area contributed by atoms with Crippen molar-refractivity contribution in [1.29, 1.82) is 0 Å². The molecule has 0 bridgehead atoms. The summed E-state index contributed by atoms with van der Waals surface area (Å²) in [6, 6.07) is 0. The average molecular weight is 507 g/mol. The number of carbonyl (C=O) groups is 2. The Hall–Kier alpha value is -0.782. The molecule has 0 aromatic heterocycles. The van der Waals surface area contributed by atoms with Crippen molar-refractivity contribution in [2.75, 3.05) is 12.8 Å². The van der Waals surface area contributed by atoms with Gasteiger partial charge in [-0.25, -0.2) is 9.59 Å². The van der Waals surface area contributed by atoms with E-state index in [1.807, 2.05) is 58.9 Å². The Morgan fingerprint density at radius 2 is 1.03 bits per heavy atom. The minimum absolute atomic E-state index is 0.257. The predicted molar refractivity (Wildman–Crippen MR) is 116 cm³/mol. The fourth-order valence-corrected chi connectivity index (χ4v) is 15.9. The van der Waals surface area contributed by atoms with E-state index in [0.717, 1.165) is 0 Å². The number of halogens is 3. The van der Waals surface area contributed by atoms with Gasteiger partial charge in [0.2, 0.25) is 0 Å². The van der Waals surface area contributed by atoms with Crippen LogP contribution in [-0.4, -0.2) is 64.7 Å². The molecule has 0 spiro atoms. The van der Waals surface area contributed by atoms with Gasteiger partial charge in [-0.1, -0.05) is 0 Å². The molecule has 0 aromatic rings. The summed E-state index contributed by atoms with van der Waals surface area (Å²) in [6.07, 6.45) is -3.62. The second-order valence-corrected chi connectivity index (χ2v) is 26.3. The van der Waals surface area contributed by atoms with Crippen LogP contribution in [0.5, 0.6) is 0 Å². The van der Waals surface area contributed by atoms with Gasteiger partial charge in [0, 0.05) is 12.2 Å². The largest absolute Gasteiger partial charge is 0.509 e. The quantitative estimate of drug-likeness (QED) is 0.236. The van der Waals surface area contributed by atoms with Crippen molar-refractivity contribution in [3.63, 3.8) is 0 Å². The molecule has 0 saturated carbocycles. The third-order valence-corrected chi connectivity index (χ3v) is 14.1. The minimum atomic E-state index is -4.65. The molecule has 0 N–H and O–H groups in total. The summed E-state index contributed by atoms with van der Waals surface area (Å²) in [5.41, 5.74) is 0. The maximum Gasteiger partial charge on any atom is 0.509 e. The van der Waals surface area contributed by atoms with Crippen LogP contribution < -0.4 is 0 Å². The topological polar surface area (TPSA) is 80.3 Å². The second kappa shape index (κ2) is 10.7. The minimum Gasteiger partial charge on any atom is -0.458 e. The summed E-state index contributed by atoms with van der Waals surface area (Å²) in [5, 5.41) is 0. The number of hydrogen-bond acceptors (Lipinski definition) is 7. The normalized spacial score (nSPS) is 14.1. The van der Waals surface area contributed by atoms with Gasteiger partial charge < -0.3 is 21.8 Å². The highest BCUT2D eigenvalue weighted by Gasteiger charge is 2.51. The number of alkyl halides is 3. The highest BCUT2D eigenvalue weighted by molar-refractivity contribution is 6.90. The molecule has 0 saturated heterocycles. The molecule has 0 aromatic carbocycles. The first-order chi connectivity index (χ1) is 13.1. The average Bonchev–Trinajstić information content (AvgIpc) is 2.42. The molecular weight excluding hydrogens is 474 g/mol. The monoisotopic (exact) mass is 506 g/mol. The van der Waals surface area contributed by atoms with Crippen LogP contribution in [0.15, 0.2) is 12.2 Å². The zero-order chi connectivity index (χ0) is 24.0. The van der Waals surface area contributed by atoms with Crippen LogP contribution in [0, 0.1) is 0 Å². The Morgan fingerprint density at radius 1 is 0.700 bits per heavy atom. The lowest BCUT2D eigenvalue weighted by atomic mass is 10.5. The molecule has 0 amide bonds. The van der Waals surface area contributed by atoms with E-state index in [9.17, 15) is 22.8 Å². The van der Waals surface area contributed by atoms with Gasteiger partial charge in [-0.15, -0.1) is 0 Å². The van der Waals surface area contributed by atoms with Crippen molar-refractivity contribution in [1.82, 2.24) is 0 Å². The Morgan fingerprint density at radius 3 is 1.33 bits per heavy atom. The number of rotatable bonds is 11. The summed E-state index contributed by atoms with van der Waals surface area (Å²) in [5.74, 6) is -2.24. The lowest BCUT2D eigenvalue weighted by Gasteiger charge is -2.42. The summed E-state index contributed by atoms with van der Waals surface area (Å²) in [4.78, 5) is 23.3. The van der Waals surface area contributed by atoms with Crippen molar-refractivity contribution in [2.24, 2.45) is 0 Å². The molecule has 30 heavy (non-hydrogen) atoms. The van der Waals surface area contributed by atoms with Crippen LogP contribution in [0.2, 0.25) is 58.9 Å². The van der Waals surface area contributed by atoms with Crippen LogP contribution in [0.1, 0.15) is 0 Å². The fraction of sp³-hybridized carbons (Fsp3) is 0.750. The standard InChI is InChI=1S/C16H33F3O7Si4/c1-27(2,3)24-30(25-28(4,5)6,26-29(7,8)9)13-23-15(21)11-10-14(20)22-12-16(17,18)19/h10-11H,12-13H2,1-9H3. The maximum atomic E-state index is 12.1. The van der Waals surface area contributed by atoms with Crippen LogP contribution in [0.3, 0.4) is 0 Å². The molecule has 0 rings (SSSR count). The van der Waals surface area contributed by atoms with Gasteiger partial charge in [0.25, 0.3) is 0 Å². The molecule has 14 heteroatoms. The van der Waals surface area contributed by atoms with Gasteiger partial charge in [0.1, 0.15) is 0 Å². The van der Waals surface area contributed by atoms with Crippen LogP contribution in [0.4, 0.5) is 13.2 Å². The van der Waals surface area contributed by atoms with E-state index in [1.54, 1.807) is 0 Å². The van der Waals surface area contributed by atoms with Gasteiger partial charge >= 0.3 is 26.9 Å². The summed E-state index contributed by atoms with van der Waals surface area (Å²) < 4.78 is 64.3. The molecule has 0 aliphatic heterocycles. The first-order valence-electron chi connectivity index (χ1n) is 9.30. The van der Waals surface area contributed by atoms with Crippen LogP contribution >= 0.6 is 0 Å². The van der Waals surface area contributed by atoms with Crippen LogP contribution in [-0.2, 0) is 31.4 Å². The van der Waals surface area contributed by atoms with E-state index in [0.29, 0.717) is 12.2 Å². The van der Waals surface area contributed by atoms with Gasteiger partial charge in [0.05, 0.1) is 0 Å². The van der Waals surface area contributed by atoms with Crippen molar-refractivity contribution in [3.8, 4) is 0 Å².